The predicted octanol–water partition coefficient (Wildman–Crippen LogP) is 5.38. The lowest BCUT2D eigenvalue weighted by atomic mass is 10.2. The summed E-state index contributed by atoms with van der Waals surface area (Å²) in [7, 11) is 1.58. The minimum absolute atomic E-state index is 0. The molecule has 3 N–H and O–H groups in total. The highest BCUT2D eigenvalue weighted by Crippen LogP contribution is 2.37. The van der Waals surface area contributed by atoms with Crippen molar-refractivity contribution in [3.8, 4) is 11.5 Å². The van der Waals surface area contributed by atoms with Crippen molar-refractivity contribution in [3.05, 3.63) is 86.5 Å². The van der Waals surface area contributed by atoms with E-state index in [0.717, 1.165) is 32.3 Å². The van der Waals surface area contributed by atoms with Gasteiger partial charge < -0.3 is 24.8 Å². The molecule has 0 bridgehead atoms. The summed E-state index contributed by atoms with van der Waals surface area (Å²) in [5, 5.41) is 3.33. The third-order valence-corrected chi connectivity index (χ3v) is 5.19. The zero-order valence-electron chi connectivity index (χ0n) is 16.5. The number of nitrogens with one attached hydrogen (secondary N) is 3. The quantitative estimate of drug-likeness (QED) is 0.313. The standard InChI is InChI=1S/C22H19BrFN3O3.ClH/c1-29-20-9-14(11-25-16-6-7-18-19(10-16)27-22(28)26-18)8-17(23)21(20)30-12-13-2-4-15(24)5-3-13;/h2-10,25H,11-12H2,1H3,(H2,26,27,28);1H. The van der Waals surface area contributed by atoms with E-state index in [1.807, 2.05) is 30.3 Å². The Morgan fingerprint density at radius 2 is 1.74 bits per heavy atom. The van der Waals surface area contributed by atoms with Crippen LogP contribution in [-0.4, -0.2) is 17.1 Å². The molecule has 6 nitrogen and oxygen atoms in total. The van der Waals surface area contributed by atoms with Crippen molar-refractivity contribution >= 4 is 45.1 Å². The first-order valence-electron chi connectivity index (χ1n) is 9.21. The third-order valence-electron chi connectivity index (χ3n) is 4.60. The zero-order valence-corrected chi connectivity index (χ0v) is 18.9. The van der Waals surface area contributed by atoms with Crippen LogP contribution in [0.4, 0.5) is 10.1 Å². The summed E-state index contributed by atoms with van der Waals surface area (Å²) in [6.45, 7) is 0.842. The molecule has 1 aromatic heterocycles. The fraction of sp³-hybridized carbons (Fsp3) is 0.136. The van der Waals surface area contributed by atoms with Crippen LogP contribution in [0.2, 0.25) is 0 Å². The van der Waals surface area contributed by atoms with E-state index in [4.69, 9.17) is 9.47 Å². The fourth-order valence-corrected chi connectivity index (χ4v) is 3.70. The molecule has 0 unspecified atom stereocenters. The predicted molar refractivity (Wildman–Crippen MR) is 125 cm³/mol. The monoisotopic (exact) mass is 507 g/mol. The number of aromatic amines is 2. The van der Waals surface area contributed by atoms with Crippen LogP contribution in [0.25, 0.3) is 11.0 Å². The molecule has 162 valence electrons. The van der Waals surface area contributed by atoms with Crippen molar-refractivity contribution in [1.29, 1.82) is 0 Å². The normalized spacial score (nSPS) is 10.5. The molecule has 0 saturated carbocycles. The molecule has 3 aromatic carbocycles. The maximum Gasteiger partial charge on any atom is 0.323 e. The first-order chi connectivity index (χ1) is 14.5. The molecule has 0 aliphatic rings. The lowest BCUT2D eigenvalue weighted by Crippen LogP contribution is -2.03. The van der Waals surface area contributed by atoms with Crippen LogP contribution in [0.15, 0.2) is 63.9 Å². The molecule has 4 aromatic rings. The van der Waals surface area contributed by atoms with E-state index in [1.54, 1.807) is 19.2 Å². The van der Waals surface area contributed by atoms with Gasteiger partial charge in [0.05, 0.1) is 22.6 Å². The summed E-state index contributed by atoms with van der Waals surface area (Å²) >= 11 is 3.55. The Labute approximate surface area is 192 Å². The second-order valence-electron chi connectivity index (χ2n) is 6.72. The number of imidazole rings is 1. The molecule has 1 heterocycles. The molecule has 0 amide bonds. The van der Waals surface area contributed by atoms with Crippen LogP contribution in [-0.2, 0) is 13.2 Å². The lowest BCUT2D eigenvalue weighted by molar-refractivity contribution is 0.282. The van der Waals surface area contributed by atoms with E-state index >= 15 is 0 Å². The summed E-state index contributed by atoms with van der Waals surface area (Å²) in [5.41, 5.74) is 3.99. The molecule has 0 saturated heterocycles. The number of H-pyrrole nitrogens is 2. The molecule has 0 radical (unpaired) electrons. The Kier molecular flexibility index (Phi) is 7.25. The maximum atomic E-state index is 13.1. The van der Waals surface area contributed by atoms with Gasteiger partial charge in [-0.2, -0.15) is 0 Å². The molecule has 31 heavy (non-hydrogen) atoms. The molecular weight excluding hydrogens is 489 g/mol. The molecular formula is C22H20BrClFN3O3. The van der Waals surface area contributed by atoms with Gasteiger partial charge in [-0.3, -0.25) is 0 Å². The van der Waals surface area contributed by atoms with Crippen LogP contribution in [0, 0.1) is 5.82 Å². The average Bonchev–Trinajstić information content (AvgIpc) is 3.11. The summed E-state index contributed by atoms with van der Waals surface area (Å²) in [5.74, 6) is 0.891. The van der Waals surface area contributed by atoms with Gasteiger partial charge in [-0.15, -0.1) is 12.4 Å². The van der Waals surface area contributed by atoms with Crippen LogP contribution in [0.1, 0.15) is 11.1 Å². The first-order valence-corrected chi connectivity index (χ1v) is 10.0. The molecule has 0 fully saturated rings. The average molecular weight is 509 g/mol. The van der Waals surface area contributed by atoms with E-state index in [9.17, 15) is 9.18 Å². The number of halogens is 3. The third kappa shape index (κ3) is 5.39. The van der Waals surface area contributed by atoms with Crippen LogP contribution in [0.5, 0.6) is 11.5 Å². The molecule has 0 atom stereocenters. The number of methoxy groups -OCH3 is 1. The molecule has 4 rings (SSSR count). The van der Waals surface area contributed by atoms with Crippen LogP contribution in [0.3, 0.4) is 0 Å². The Morgan fingerprint density at radius 3 is 2.48 bits per heavy atom. The van der Waals surface area contributed by atoms with E-state index in [2.05, 4.69) is 31.2 Å². The van der Waals surface area contributed by atoms with Crippen molar-refractivity contribution in [2.45, 2.75) is 13.2 Å². The van der Waals surface area contributed by atoms with Gasteiger partial charge in [-0.1, -0.05) is 12.1 Å². The number of aromatic nitrogens is 2. The highest BCUT2D eigenvalue weighted by Gasteiger charge is 2.12. The van der Waals surface area contributed by atoms with Crippen molar-refractivity contribution in [2.24, 2.45) is 0 Å². The van der Waals surface area contributed by atoms with Gasteiger partial charge >= 0.3 is 5.69 Å². The molecule has 0 aliphatic heterocycles. The summed E-state index contributed by atoms with van der Waals surface area (Å²) in [6, 6.07) is 15.6. The summed E-state index contributed by atoms with van der Waals surface area (Å²) < 4.78 is 25.2. The molecule has 9 heteroatoms. The number of hydrogen-bond acceptors (Lipinski definition) is 4. The van der Waals surface area contributed by atoms with Gasteiger partial charge in [0.1, 0.15) is 12.4 Å². The second kappa shape index (κ2) is 9.89. The second-order valence-corrected chi connectivity index (χ2v) is 7.57. The van der Waals surface area contributed by atoms with Crippen molar-refractivity contribution in [1.82, 2.24) is 9.97 Å². The minimum Gasteiger partial charge on any atom is -0.493 e. The van der Waals surface area contributed by atoms with E-state index < -0.39 is 0 Å². The van der Waals surface area contributed by atoms with Crippen molar-refractivity contribution in [2.75, 3.05) is 12.4 Å². The topological polar surface area (TPSA) is 79.1 Å². The van der Waals surface area contributed by atoms with Gasteiger partial charge in [-0.05, 0) is 69.5 Å². The Morgan fingerprint density at radius 1 is 1.00 bits per heavy atom. The van der Waals surface area contributed by atoms with Gasteiger partial charge in [-0.25, -0.2) is 9.18 Å². The Bertz CT molecular complexity index is 1240. The van der Waals surface area contributed by atoms with Crippen LogP contribution < -0.4 is 20.5 Å². The zero-order chi connectivity index (χ0) is 21.1. The highest BCUT2D eigenvalue weighted by atomic mass is 79.9. The summed E-state index contributed by atoms with van der Waals surface area (Å²) in [6.07, 6.45) is 0. The lowest BCUT2D eigenvalue weighted by Gasteiger charge is -2.15. The molecule has 0 aliphatic carbocycles. The van der Waals surface area contributed by atoms with Gasteiger partial charge in [0.15, 0.2) is 11.5 Å². The summed E-state index contributed by atoms with van der Waals surface area (Å²) in [4.78, 5) is 16.9. The maximum absolute atomic E-state index is 13.1. The van der Waals surface area contributed by atoms with Gasteiger partial charge in [0.25, 0.3) is 0 Å². The SMILES string of the molecule is COc1cc(CNc2ccc3[nH]c(=O)[nH]c3c2)cc(Br)c1OCc1ccc(F)cc1.Cl. The van der Waals surface area contributed by atoms with Gasteiger partial charge in [0.2, 0.25) is 0 Å². The Balaban J connectivity index is 0.00000272. The minimum atomic E-state index is -0.281. The van der Waals surface area contributed by atoms with Crippen molar-refractivity contribution < 1.29 is 13.9 Å². The Hall–Kier alpha value is -2.97. The fourth-order valence-electron chi connectivity index (χ4n) is 3.10. The van der Waals surface area contributed by atoms with Crippen molar-refractivity contribution in [3.63, 3.8) is 0 Å². The number of hydrogen-bond donors (Lipinski definition) is 3. The highest BCUT2D eigenvalue weighted by molar-refractivity contribution is 9.10. The van der Waals surface area contributed by atoms with E-state index in [1.165, 1.54) is 12.1 Å². The van der Waals surface area contributed by atoms with E-state index in [-0.39, 0.29) is 23.9 Å². The number of rotatable bonds is 7. The number of anilines is 1. The molecule has 0 spiro atoms. The first kappa shape index (κ1) is 22.7. The number of benzene rings is 3. The smallest absolute Gasteiger partial charge is 0.323 e. The number of ether oxygens (including phenoxy) is 2. The van der Waals surface area contributed by atoms with Crippen LogP contribution >= 0.6 is 28.3 Å². The van der Waals surface area contributed by atoms with Gasteiger partial charge in [0, 0.05) is 12.2 Å². The largest absolute Gasteiger partial charge is 0.493 e. The van der Waals surface area contributed by atoms with E-state index in [0.29, 0.717) is 24.7 Å². The number of fused-ring (bicyclic) bond motifs is 1.